The SMILES string of the molecule is COc1ccccc1C(Nc1ccc(C#N)c(Cl)c1)c1nccn1C. The highest BCUT2D eigenvalue weighted by Crippen LogP contribution is 2.33. The molecule has 0 saturated heterocycles. The first-order valence-electron chi connectivity index (χ1n) is 7.70. The van der Waals surface area contributed by atoms with Gasteiger partial charge >= 0.3 is 0 Å². The number of anilines is 1. The molecule has 6 heteroatoms. The van der Waals surface area contributed by atoms with E-state index in [1.807, 2.05) is 48.1 Å². The number of hydrogen-bond donors (Lipinski definition) is 1. The number of hydrogen-bond acceptors (Lipinski definition) is 4. The minimum absolute atomic E-state index is 0.236. The van der Waals surface area contributed by atoms with E-state index in [4.69, 9.17) is 21.6 Å². The predicted molar refractivity (Wildman–Crippen MR) is 97.8 cm³/mol. The summed E-state index contributed by atoms with van der Waals surface area (Å²) in [7, 11) is 3.59. The van der Waals surface area contributed by atoms with Crippen molar-refractivity contribution in [1.82, 2.24) is 9.55 Å². The molecule has 0 bridgehead atoms. The molecule has 1 unspecified atom stereocenters. The van der Waals surface area contributed by atoms with Crippen LogP contribution in [0.5, 0.6) is 5.75 Å². The number of aryl methyl sites for hydroxylation is 1. The van der Waals surface area contributed by atoms with Gasteiger partial charge in [0, 0.05) is 30.7 Å². The summed E-state index contributed by atoms with van der Waals surface area (Å²) in [5, 5.41) is 12.9. The average Bonchev–Trinajstić information content (AvgIpc) is 3.05. The fourth-order valence-electron chi connectivity index (χ4n) is 2.70. The minimum Gasteiger partial charge on any atom is -0.496 e. The molecule has 0 aliphatic heterocycles. The number of rotatable bonds is 5. The standard InChI is InChI=1S/C19H17ClN4O/c1-24-10-9-22-19(24)18(15-5-3-4-6-17(15)25-2)23-14-8-7-13(12-21)16(20)11-14/h3-11,18,23H,1-2H3. The smallest absolute Gasteiger partial charge is 0.135 e. The van der Waals surface area contributed by atoms with E-state index in [2.05, 4.69) is 16.4 Å². The lowest BCUT2D eigenvalue weighted by molar-refractivity contribution is 0.408. The Morgan fingerprint density at radius 2 is 2.08 bits per heavy atom. The number of nitrogens with one attached hydrogen (secondary N) is 1. The van der Waals surface area contributed by atoms with Crippen LogP contribution in [0.4, 0.5) is 5.69 Å². The van der Waals surface area contributed by atoms with E-state index < -0.39 is 0 Å². The third-order valence-electron chi connectivity index (χ3n) is 3.97. The van der Waals surface area contributed by atoms with Gasteiger partial charge in [0.05, 0.1) is 17.7 Å². The topological polar surface area (TPSA) is 62.9 Å². The zero-order valence-corrected chi connectivity index (χ0v) is 14.7. The molecule has 0 aliphatic rings. The van der Waals surface area contributed by atoms with E-state index in [0.29, 0.717) is 10.6 Å². The Kier molecular flexibility index (Phi) is 4.92. The van der Waals surface area contributed by atoms with Crippen molar-refractivity contribution in [2.24, 2.45) is 7.05 Å². The van der Waals surface area contributed by atoms with Crippen molar-refractivity contribution in [3.63, 3.8) is 0 Å². The number of nitrogens with zero attached hydrogens (tertiary/aromatic N) is 3. The van der Waals surface area contributed by atoms with Gasteiger partial charge in [-0.2, -0.15) is 5.26 Å². The largest absolute Gasteiger partial charge is 0.496 e. The maximum atomic E-state index is 9.04. The first kappa shape index (κ1) is 16.9. The van der Waals surface area contributed by atoms with Crippen molar-refractivity contribution in [2.75, 3.05) is 12.4 Å². The quantitative estimate of drug-likeness (QED) is 0.749. The van der Waals surface area contributed by atoms with Crippen LogP contribution in [0, 0.1) is 11.3 Å². The van der Waals surface area contributed by atoms with Gasteiger partial charge in [-0.1, -0.05) is 29.8 Å². The Labute approximate surface area is 151 Å². The third-order valence-corrected chi connectivity index (χ3v) is 4.28. The maximum absolute atomic E-state index is 9.04. The number of imidazole rings is 1. The zero-order valence-electron chi connectivity index (χ0n) is 13.9. The molecular weight excluding hydrogens is 336 g/mol. The van der Waals surface area contributed by atoms with Gasteiger partial charge in [0.25, 0.3) is 0 Å². The highest BCUT2D eigenvalue weighted by atomic mass is 35.5. The Bertz CT molecular complexity index is 929. The van der Waals surface area contributed by atoms with E-state index in [0.717, 1.165) is 22.8 Å². The molecule has 1 aromatic heterocycles. The summed E-state index contributed by atoms with van der Waals surface area (Å²) in [5.74, 6) is 1.60. The molecule has 3 rings (SSSR count). The van der Waals surface area contributed by atoms with E-state index >= 15 is 0 Å². The summed E-state index contributed by atoms with van der Waals surface area (Å²) in [4.78, 5) is 4.48. The summed E-state index contributed by atoms with van der Waals surface area (Å²) in [6.07, 6.45) is 3.65. The van der Waals surface area contributed by atoms with E-state index in [1.165, 1.54) is 0 Å². The first-order valence-corrected chi connectivity index (χ1v) is 8.08. The molecule has 0 radical (unpaired) electrons. The predicted octanol–water partition coefficient (Wildman–Crippen LogP) is 4.16. The molecule has 1 N–H and O–H groups in total. The molecule has 2 aromatic carbocycles. The van der Waals surface area contributed by atoms with Gasteiger partial charge in [0.2, 0.25) is 0 Å². The van der Waals surface area contributed by atoms with Crippen LogP contribution in [-0.4, -0.2) is 16.7 Å². The van der Waals surface area contributed by atoms with E-state index in [-0.39, 0.29) is 6.04 Å². The van der Waals surface area contributed by atoms with Crippen LogP contribution in [0.3, 0.4) is 0 Å². The molecule has 0 saturated carbocycles. The molecule has 5 nitrogen and oxygen atoms in total. The number of methoxy groups -OCH3 is 1. The number of para-hydroxylation sites is 1. The summed E-state index contributed by atoms with van der Waals surface area (Å²) in [6.45, 7) is 0. The van der Waals surface area contributed by atoms with Crippen LogP contribution in [0.15, 0.2) is 54.9 Å². The monoisotopic (exact) mass is 352 g/mol. The normalized spacial score (nSPS) is 11.6. The second-order valence-electron chi connectivity index (χ2n) is 5.52. The van der Waals surface area contributed by atoms with Gasteiger partial charge in [-0.3, -0.25) is 0 Å². The molecule has 3 aromatic rings. The van der Waals surface area contributed by atoms with Crippen LogP contribution in [0.25, 0.3) is 0 Å². The van der Waals surface area contributed by atoms with Crippen LogP contribution in [0.2, 0.25) is 5.02 Å². The minimum atomic E-state index is -0.236. The molecule has 0 spiro atoms. The number of nitriles is 1. The van der Waals surface area contributed by atoms with Gasteiger partial charge in [-0.05, 0) is 24.3 Å². The first-order chi connectivity index (χ1) is 12.1. The fourth-order valence-corrected chi connectivity index (χ4v) is 2.93. The maximum Gasteiger partial charge on any atom is 0.135 e. The average molecular weight is 353 g/mol. The number of aromatic nitrogens is 2. The summed E-state index contributed by atoms with van der Waals surface area (Å²) in [5.41, 5.74) is 2.20. The summed E-state index contributed by atoms with van der Waals surface area (Å²) < 4.78 is 7.47. The van der Waals surface area contributed by atoms with Crippen molar-refractivity contribution >= 4 is 17.3 Å². The van der Waals surface area contributed by atoms with Gasteiger partial charge < -0.3 is 14.6 Å². The van der Waals surface area contributed by atoms with Crippen LogP contribution in [-0.2, 0) is 7.05 Å². The highest BCUT2D eigenvalue weighted by Gasteiger charge is 2.22. The van der Waals surface area contributed by atoms with E-state index in [1.54, 1.807) is 25.4 Å². The third kappa shape index (κ3) is 3.44. The van der Waals surface area contributed by atoms with E-state index in [9.17, 15) is 0 Å². The number of halogens is 1. The molecule has 126 valence electrons. The van der Waals surface area contributed by atoms with Crippen molar-refractivity contribution < 1.29 is 4.74 Å². The van der Waals surface area contributed by atoms with Crippen molar-refractivity contribution in [2.45, 2.75) is 6.04 Å². The van der Waals surface area contributed by atoms with Gasteiger partial charge in [-0.25, -0.2) is 4.98 Å². The molecular formula is C19H17ClN4O. The molecule has 0 aliphatic carbocycles. The number of ether oxygens (including phenoxy) is 1. The van der Waals surface area contributed by atoms with Gasteiger partial charge in [-0.15, -0.1) is 0 Å². The van der Waals surface area contributed by atoms with Crippen LogP contribution in [0.1, 0.15) is 23.0 Å². The Balaban J connectivity index is 2.05. The van der Waals surface area contributed by atoms with Gasteiger partial charge in [0.1, 0.15) is 23.7 Å². The van der Waals surface area contributed by atoms with Crippen LogP contribution >= 0.6 is 11.6 Å². The van der Waals surface area contributed by atoms with Crippen LogP contribution < -0.4 is 10.1 Å². The Hall–Kier alpha value is -2.97. The molecule has 1 atom stereocenters. The zero-order chi connectivity index (χ0) is 17.8. The molecule has 0 fully saturated rings. The molecule has 1 heterocycles. The fraction of sp³-hybridized carbons (Fsp3) is 0.158. The van der Waals surface area contributed by atoms with Crippen molar-refractivity contribution in [1.29, 1.82) is 5.26 Å². The van der Waals surface area contributed by atoms with Crippen molar-refractivity contribution in [3.05, 3.63) is 76.8 Å². The van der Waals surface area contributed by atoms with Crippen molar-refractivity contribution in [3.8, 4) is 11.8 Å². The molecule has 0 amide bonds. The number of benzene rings is 2. The Morgan fingerprint density at radius 3 is 2.72 bits per heavy atom. The molecule has 25 heavy (non-hydrogen) atoms. The summed E-state index contributed by atoms with van der Waals surface area (Å²) >= 11 is 6.17. The Morgan fingerprint density at radius 1 is 1.28 bits per heavy atom. The summed E-state index contributed by atoms with van der Waals surface area (Å²) in [6, 6.07) is 14.9. The van der Waals surface area contributed by atoms with Gasteiger partial charge in [0.15, 0.2) is 0 Å². The second-order valence-corrected chi connectivity index (χ2v) is 5.93. The lowest BCUT2D eigenvalue weighted by Gasteiger charge is -2.22. The lowest BCUT2D eigenvalue weighted by atomic mass is 10.0. The second kappa shape index (κ2) is 7.29. The highest BCUT2D eigenvalue weighted by molar-refractivity contribution is 6.32. The lowest BCUT2D eigenvalue weighted by Crippen LogP contribution is -2.17.